The zero-order valence-electron chi connectivity index (χ0n) is 11.5. The van der Waals surface area contributed by atoms with Gasteiger partial charge in [0.15, 0.2) is 10.3 Å². The second-order valence-electron chi connectivity index (χ2n) is 4.14. The molecule has 114 valence electrons. The van der Waals surface area contributed by atoms with E-state index in [-0.39, 0.29) is 10.8 Å². The van der Waals surface area contributed by atoms with Crippen LogP contribution in [-0.4, -0.2) is 25.8 Å². The summed E-state index contributed by atoms with van der Waals surface area (Å²) in [5.74, 6) is 0. The summed E-state index contributed by atoms with van der Waals surface area (Å²) >= 11 is 5.83. The zero-order chi connectivity index (χ0) is 16.1. The van der Waals surface area contributed by atoms with E-state index in [9.17, 15) is 10.1 Å². The molecule has 10 heteroatoms. The number of aromatic nitrogens is 2. The molecule has 2 aromatic rings. The van der Waals surface area contributed by atoms with E-state index < -0.39 is 4.92 Å². The van der Waals surface area contributed by atoms with E-state index in [1.165, 1.54) is 24.0 Å². The summed E-state index contributed by atoms with van der Waals surface area (Å²) in [5.41, 5.74) is 8.16. The maximum absolute atomic E-state index is 11.2. The van der Waals surface area contributed by atoms with Crippen LogP contribution in [0.15, 0.2) is 45.7 Å². The molecule has 0 radical (unpaired) electrons. The minimum Gasteiger partial charge on any atom is -0.375 e. The number of rotatable bonds is 5. The monoisotopic (exact) mass is 336 g/mol. The van der Waals surface area contributed by atoms with Crippen molar-refractivity contribution in [3.8, 4) is 0 Å². The largest absolute Gasteiger partial charge is 0.375 e. The van der Waals surface area contributed by atoms with Gasteiger partial charge >= 0.3 is 0 Å². The van der Waals surface area contributed by atoms with Crippen molar-refractivity contribution in [2.75, 3.05) is 0 Å². The molecule has 8 nitrogen and oxygen atoms in total. The van der Waals surface area contributed by atoms with Crippen molar-refractivity contribution in [3.05, 3.63) is 46.3 Å². The van der Waals surface area contributed by atoms with Crippen LogP contribution in [0.3, 0.4) is 0 Å². The number of nitrogens with zero attached hydrogens (tertiary/aromatic N) is 4. The molecule has 0 saturated carbocycles. The summed E-state index contributed by atoms with van der Waals surface area (Å²) in [6, 6.07) is 4.79. The number of hydrogen-bond acceptors (Lipinski definition) is 6. The predicted molar refractivity (Wildman–Crippen MR) is 87.9 cm³/mol. The summed E-state index contributed by atoms with van der Waals surface area (Å²) in [6.07, 6.45) is 4.81. The normalized spacial score (nSPS) is 10.8. The highest BCUT2D eigenvalue weighted by Gasteiger charge is 2.17. The molecule has 3 N–H and O–H groups in total. The predicted octanol–water partition coefficient (Wildman–Crippen LogP) is 1.65. The van der Waals surface area contributed by atoms with E-state index in [4.69, 9.17) is 5.73 Å². The number of benzene rings is 1. The van der Waals surface area contributed by atoms with Gasteiger partial charge in [0.05, 0.1) is 16.0 Å². The van der Waals surface area contributed by atoms with Gasteiger partial charge in [0.1, 0.15) is 0 Å². The van der Waals surface area contributed by atoms with Crippen LogP contribution < -0.4 is 11.2 Å². The van der Waals surface area contributed by atoms with Gasteiger partial charge < -0.3 is 10.3 Å². The SMILES string of the molecule is Cn1ccnc1Sc1ccc(/C=N\NC(N)=S)cc1[N+](=O)[O-]. The third-order valence-electron chi connectivity index (χ3n) is 2.55. The molecule has 0 bridgehead atoms. The van der Waals surface area contributed by atoms with Crippen molar-refractivity contribution in [2.45, 2.75) is 10.1 Å². The van der Waals surface area contributed by atoms with Crippen LogP contribution in [-0.2, 0) is 7.05 Å². The molecule has 2 rings (SSSR count). The van der Waals surface area contributed by atoms with Crippen LogP contribution in [0.2, 0.25) is 0 Å². The lowest BCUT2D eigenvalue weighted by Crippen LogP contribution is -2.23. The fraction of sp³-hybridized carbons (Fsp3) is 0.0833. The van der Waals surface area contributed by atoms with Crippen molar-refractivity contribution in [3.63, 3.8) is 0 Å². The third kappa shape index (κ3) is 4.02. The maximum Gasteiger partial charge on any atom is 0.283 e. The van der Waals surface area contributed by atoms with Gasteiger partial charge in [-0.2, -0.15) is 5.10 Å². The second-order valence-corrected chi connectivity index (χ2v) is 5.59. The number of nitrogens with one attached hydrogen (secondary N) is 1. The Balaban J connectivity index is 2.28. The van der Waals surface area contributed by atoms with E-state index in [1.54, 1.807) is 29.1 Å². The van der Waals surface area contributed by atoms with Gasteiger partial charge in [0.2, 0.25) is 0 Å². The Labute approximate surface area is 135 Å². The van der Waals surface area contributed by atoms with Crippen molar-refractivity contribution < 1.29 is 4.92 Å². The minimum absolute atomic E-state index is 0.0210. The van der Waals surface area contributed by atoms with Crippen molar-refractivity contribution in [1.29, 1.82) is 0 Å². The fourth-order valence-corrected chi connectivity index (χ4v) is 2.50. The molecule has 0 aliphatic rings. The van der Waals surface area contributed by atoms with Crippen molar-refractivity contribution in [2.24, 2.45) is 17.9 Å². The van der Waals surface area contributed by atoms with Crippen molar-refractivity contribution >= 4 is 41.0 Å². The fourth-order valence-electron chi connectivity index (χ4n) is 1.56. The quantitative estimate of drug-likeness (QED) is 0.369. The lowest BCUT2D eigenvalue weighted by molar-refractivity contribution is -0.387. The number of hydrazone groups is 1. The average molecular weight is 336 g/mol. The number of nitro groups is 1. The van der Waals surface area contributed by atoms with Crippen LogP contribution in [0.5, 0.6) is 0 Å². The number of aryl methyl sites for hydroxylation is 1. The molecule has 0 aliphatic heterocycles. The van der Waals surface area contributed by atoms with Gasteiger partial charge in [-0.05, 0) is 30.0 Å². The summed E-state index contributed by atoms with van der Waals surface area (Å²) in [7, 11) is 1.82. The van der Waals surface area contributed by atoms with E-state index >= 15 is 0 Å². The van der Waals surface area contributed by atoms with E-state index in [2.05, 4.69) is 27.7 Å². The van der Waals surface area contributed by atoms with Gasteiger partial charge in [-0.3, -0.25) is 15.5 Å². The topological polar surface area (TPSA) is 111 Å². The molecule has 1 aromatic carbocycles. The van der Waals surface area contributed by atoms with Crippen LogP contribution in [0.1, 0.15) is 5.56 Å². The highest BCUT2D eigenvalue weighted by molar-refractivity contribution is 7.99. The molecule has 22 heavy (non-hydrogen) atoms. The van der Waals surface area contributed by atoms with Gasteiger partial charge in [-0.1, -0.05) is 6.07 Å². The molecule has 0 unspecified atom stereocenters. The number of nitrogens with two attached hydrogens (primary N) is 1. The molecular formula is C12H12N6O2S2. The van der Waals surface area contributed by atoms with Crippen molar-refractivity contribution in [1.82, 2.24) is 15.0 Å². The summed E-state index contributed by atoms with van der Waals surface area (Å²) < 4.78 is 1.79. The lowest BCUT2D eigenvalue weighted by atomic mass is 10.2. The van der Waals surface area contributed by atoms with Gasteiger partial charge in [-0.15, -0.1) is 0 Å². The number of imidazole rings is 1. The first-order chi connectivity index (χ1) is 10.5. The summed E-state index contributed by atoms with van der Waals surface area (Å²) in [5, 5.41) is 15.7. The average Bonchev–Trinajstić information content (AvgIpc) is 2.85. The van der Waals surface area contributed by atoms with Gasteiger partial charge in [-0.25, -0.2) is 4.98 Å². The molecular weight excluding hydrogens is 324 g/mol. The Kier molecular flexibility index (Phi) is 5.07. The Morgan fingerprint density at radius 3 is 3.00 bits per heavy atom. The Morgan fingerprint density at radius 2 is 2.41 bits per heavy atom. The van der Waals surface area contributed by atoms with Gasteiger partial charge in [0, 0.05) is 31.1 Å². The van der Waals surface area contributed by atoms with Gasteiger partial charge in [0.25, 0.3) is 5.69 Å². The van der Waals surface area contributed by atoms with Crippen LogP contribution in [0.25, 0.3) is 0 Å². The van der Waals surface area contributed by atoms with E-state index in [0.717, 1.165) is 0 Å². The first-order valence-corrected chi connectivity index (χ1v) is 7.22. The zero-order valence-corrected chi connectivity index (χ0v) is 13.1. The molecule has 0 atom stereocenters. The molecule has 0 fully saturated rings. The highest BCUT2D eigenvalue weighted by atomic mass is 32.2. The van der Waals surface area contributed by atoms with Crippen LogP contribution in [0, 0.1) is 10.1 Å². The lowest BCUT2D eigenvalue weighted by Gasteiger charge is -2.04. The molecule has 0 spiro atoms. The molecule has 0 saturated heterocycles. The molecule has 0 aliphatic carbocycles. The standard InChI is InChI=1S/C12H12N6O2S2/c1-17-5-4-14-12(17)22-10-3-2-8(6-9(10)18(19)20)7-15-16-11(13)21/h2-7H,1H3,(H3,13,16,21)/b15-7-. The number of thiocarbonyl (C=S) groups is 1. The second kappa shape index (κ2) is 7.00. The minimum atomic E-state index is -0.441. The summed E-state index contributed by atoms with van der Waals surface area (Å²) in [4.78, 5) is 15.4. The highest BCUT2D eigenvalue weighted by Crippen LogP contribution is 2.34. The van der Waals surface area contributed by atoms with E-state index in [0.29, 0.717) is 15.6 Å². The Morgan fingerprint density at radius 1 is 1.64 bits per heavy atom. The first kappa shape index (κ1) is 15.9. The number of nitro benzene ring substituents is 1. The molecule has 1 aromatic heterocycles. The first-order valence-electron chi connectivity index (χ1n) is 5.99. The summed E-state index contributed by atoms with van der Waals surface area (Å²) in [6.45, 7) is 0. The van der Waals surface area contributed by atoms with Crippen LogP contribution in [0.4, 0.5) is 5.69 Å². The molecule has 0 amide bonds. The smallest absolute Gasteiger partial charge is 0.283 e. The van der Waals surface area contributed by atoms with Crippen LogP contribution >= 0.6 is 24.0 Å². The number of hydrogen-bond donors (Lipinski definition) is 2. The third-order valence-corrected chi connectivity index (χ3v) is 3.78. The maximum atomic E-state index is 11.2. The molecule has 1 heterocycles. The Hall–Kier alpha value is -2.46. The van der Waals surface area contributed by atoms with E-state index in [1.807, 2.05) is 7.05 Å². The Bertz CT molecular complexity index is 743.